The van der Waals surface area contributed by atoms with Crippen molar-refractivity contribution in [3.63, 3.8) is 0 Å². The average molecular weight is 250 g/mol. The molecule has 2 aromatic carbocycles. The van der Waals surface area contributed by atoms with E-state index in [1.165, 1.54) is 22.5 Å². The van der Waals surface area contributed by atoms with Gasteiger partial charge >= 0.3 is 0 Å². The highest BCUT2D eigenvalue weighted by Crippen LogP contribution is 2.32. The Hall–Kier alpha value is -2.22. The smallest absolute Gasteiger partial charge is 0.0670 e. The number of rotatable bonds is 2. The lowest BCUT2D eigenvalue weighted by molar-refractivity contribution is 0.422. The Bertz CT molecular complexity index is 587. The van der Waals surface area contributed by atoms with Crippen molar-refractivity contribution in [2.24, 2.45) is 0 Å². The van der Waals surface area contributed by atoms with Crippen LogP contribution in [0, 0.1) is 0 Å². The number of benzene rings is 2. The number of hydrogen-bond acceptors (Lipinski definition) is 2. The molecule has 0 fully saturated rings. The molecule has 2 heteroatoms. The molecule has 0 aromatic heterocycles. The van der Waals surface area contributed by atoms with Crippen LogP contribution in [-0.4, -0.2) is 18.6 Å². The van der Waals surface area contributed by atoms with E-state index in [0.29, 0.717) is 0 Å². The van der Waals surface area contributed by atoms with Crippen LogP contribution in [0.5, 0.6) is 0 Å². The van der Waals surface area contributed by atoms with Crippen molar-refractivity contribution in [3.05, 3.63) is 71.9 Å². The fraction of sp³-hybridized carbons (Fsp3) is 0.176. The number of para-hydroxylation sites is 1. The molecule has 2 nitrogen and oxygen atoms in total. The van der Waals surface area contributed by atoms with Gasteiger partial charge in [0.1, 0.15) is 0 Å². The number of hydrogen-bond donors (Lipinski definition) is 0. The lowest BCUT2D eigenvalue weighted by Gasteiger charge is -2.29. The first-order valence-corrected chi connectivity index (χ1v) is 6.59. The van der Waals surface area contributed by atoms with E-state index in [4.69, 9.17) is 0 Å². The number of nitrogens with zero attached hydrogens (tertiary/aromatic N) is 2. The molecule has 0 saturated carbocycles. The van der Waals surface area contributed by atoms with Crippen molar-refractivity contribution in [1.82, 2.24) is 5.01 Å². The monoisotopic (exact) mass is 250 g/mol. The molecule has 2 aromatic rings. The standard InChI is InChI=1S/C17H18N2/c1-14-17(15-9-5-3-6-10-15)13-19(18(14)2)16-11-7-4-8-12-16/h3-12H,13H2,1-2H3. The third-order valence-electron chi connectivity index (χ3n) is 3.77. The minimum absolute atomic E-state index is 0.927. The van der Waals surface area contributed by atoms with Crippen molar-refractivity contribution in [1.29, 1.82) is 0 Å². The lowest BCUT2D eigenvalue weighted by atomic mass is 10.1. The van der Waals surface area contributed by atoms with E-state index in [1.807, 2.05) is 0 Å². The second kappa shape index (κ2) is 4.81. The summed E-state index contributed by atoms with van der Waals surface area (Å²) in [5.41, 5.74) is 5.25. The fourth-order valence-corrected chi connectivity index (χ4v) is 2.55. The van der Waals surface area contributed by atoms with E-state index in [2.05, 4.69) is 84.7 Å². The first kappa shape index (κ1) is 11.8. The van der Waals surface area contributed by atoms with Crippen molar-refractivity contribution < 1.29 is 0 Å². The van der Waals surface area contributed by atoms with Crippen LogP contribution in [0.3, 0.4) is 0 Å². The molecule has 0 unspecified atom stereocenters. The predicted molar refractivity (Wildman–Crippen MR) is 80.6 cm³/mol. The number of hydrazine groups is 1. The molecule has 0 bridgehead atoms. The third kappa shape index (κ3) is 2.10. The van der Waals surface area contributed by atoms with E-state index < -0.39 is 0 Å². The zero-order valence-electron chi connectivity index (χ0n) is 11.4. The molecule has 0 spiro atoms. The molecular formula is C17H18N2. The fourth-order valence-electron chi connectivity index (χ4n) is 2.55. The minimum atomic E-state index is 0.927. The molecule has 1 heterocycles. The van der Waals surface area contributed by atoms with Crippen LogP contribution in [-0.2, 0) is 0 Å². The second-order valence-corrected chi connectivity index (χ2v) is 4.85. The van der Waals surface area contributed by atoms with Gasteiger partial charge in [-0.3, -0.25) is 10.0 Å². The van der Waals surface area contributed by atoms with E-state index >= 15 is 0 Å². The molecule has 19 heavy (non-hydrogen) atoms. The molecule has 0 aliphatic carbocycles. The number of allylic oxidation sites excluding steroid dienone is 1. The van der Waals surface area contributed by atoms with Crippen molar-refractivity contribution in [3.8, 4) is 0 Å². The topological polar surface area (TPSA) is 6.48 Å². The van der Waals surface area contributed by atoms with Gasteiger partial charge < -0.3 is 0 Å². The van der Waals surface area contributed by atoms with Crippen LogP contribution in [0.25, 0.3) is 5.57 Å². The highest BCUT2D eigenvalue weighted by Gasteiger charge is 2.25. The Morgan fingerprint density at radius 1 is 0.842 bits per heavy atom. The number of anilines is 1. The van der Waals surface area contributed by atoms with Crippen molar-refractivity contribution in [2.75, 3.05) is 18.6 Å². The second-order valence-electron chi connectivity index (χ2n) is 4.85. The summed E-state index contributed by atoms with van der Waals surface area (Å²) in [7, 11) is 2.12. The normalized spacial score (nSPS) is 15.3. The molecule has 0 saturated heterocycles. The summed E-state index contributed by atoms with van der Waals surface area (Å²) in [5, 5.41) is 4.54. The van der Waals surface area contributed by atoms with Gasteiger partial charge in [0.2, 0.25) is 0 Å². The van der Waals surface area contributed by atoms with Gasteiger partial charge in [-0.05, 0) is 24.6 Å². The lowest BCUT2D eigenvalue weighted by Crippen LogP contribution is -2.33. The van der Waals surface area contributed by atoms with Crippen molar-refractivity contribution in [2.45, 2.75) is 6.92 Å². The van der Waals surface area contributed by atoms with E-state index in [-0.39, 0.29) is 0 Å². The van der Waals surface area contributed by atoms with Gasteiger partial charge in [0.05, 0.1) is 12.2 Å². The Morgan fingerprint density at radius 3 is 2.05 bits per heavy atom. The molecule has 0 atom stereocenters. The quantitative estimate of drug-likeness (QED) is 0.800. The SMILES string of the molecule is CC1=C(c2ccccc2)CN(c2ccccc2)N1C. The summed E-state index contributed by atoms with van der Waals surface area (Å²) < 4.78 is 0. The molecular weight excluding hydrogens is 232 g/mol. The van der Waals surface area contributed by atoms with Crippen LogP contribution in [0.15, 0.2) is 66.4 Å². The van der Waals surface area contributed by atoms with Gasteiger partial charge in [-0.15, -0.1) is 0 Å². The Labute approximate surface area is 114 Å². The van der Waals surface area contributed by atoms with Gasteiger partial charge in [-0.1, -0.05) is 48.5 Å². The van der Waals surface area contributed by atoms with E-state index in [1.54, 1.807) is 0 Å². The zero-order chi connectivity index (χ0) is 13.2. The summed E-state index contributed by atoms with van der Waals surface area (Å²) >= 11 is 0. The van der Waals surface area contributed by atoms with Crippen LogP contribution >= 0.6 is 0 Å². The van der Waals surface area contributed by atoms with Gasteiger partial charge in [0.15, 0.2) is 0 Å². The molecule has 0 radical (unpaired) electrons. The molecule has 3 rings (SSSR count). The Balaban J connectivity index is 1.93. The summed E-state index contributed by atoms with van der Waals surface area (Å²) in [4.78, 5) is 0. The zero-order valence-corrected chi connectivity index (χ0v) is 11.4. The summed E-state index contributed by atoms with van der Waals surface area (Å²) in [6.07, 6.45) is 0. The summed E-state index contributed by atoms with van der Waals surface area (Å²) in [6, 6.07) is 21.1. The predicted octanol–water partition coefficient (Wildman–Crippen LogP) is 3.78. The molecule has 0 N–H and O–H groups in total. The van der Waals surface area contributed by atoms with Gasteiger partial charge in [0, 0.05) is 18.3 Å². The maximum atomic E-state index is 2.30. The average Bonchev–Trinajstić information content (AvgIpc) is 2.77. The van der Waals surface area contributed by atoms with Crippen LogP contribution in [0.1, 0.15) is 12.5 Å². The van der Waals surface area contributed by atoms with Crippen molar-refractivity contribution >= 4 is 11.3 Å². The van der Waals surface area contributed by atoms with Crippen LogP contribution < -0.4 is 5.01 Å². The Morgan fingerprint density at radius 2 is 1.42 bits per heavy atom. The Kier molecular flexibility index (Phi) is 3.00. The van der Waals surface area contributed by atoms with E-state index in [9.17, 15) is 0 Å². The largest absolute Gasteiger partial charge is 0.292 e. The minimum Gasteiger partial charge on any atom is -0.292 e. The third-order valence-corrected chi connectivity index (χ3v) is 3.77. The first-order valence-electron chi connectivity index (χ1n) is 6.59. The maximum absolute atomic E-state index is 2.30. The highest BCUT2D eigenvalue weighted by molar-refractivity contribution is 5.75. The highest BCUT2D eigenvalue weighted by atomic mass is 15.6. The molecule has 1 aliphatic heterocycles. The molecule has 96 valence electrons. The summed E-state index contributed by atoms with van der Waals surface area (Å²) in [6.45, 7) is 3.11. The first-order chi connectivity index (χ1) is 9.27. The van der Waals surface area contributed by atoms with Gasteiger partial charge in [0.25, 0.3) is 0 Å². The van der Waals surface area contributed by atoms with E-state index in [0.717, 1.165) is 6.54 Å². The molecule has 0 amide bonds. The van der Waals surface area contributed by atoms with Gasteiger partial charge in [-0.2, -0.15) is 0 Å². The van der Waals surface area contributed by atoms with Crippen LogP contribution in [0.4, 0.5) is 5.69 Å². The van der Waals surface area contributed by atoms with Crippen LogP contribution in [0.2, 0.25) is 0 Å². The summed E-state index contributed by atoms with van der Waals surface area (Å²) in [5.74, 6) is 0. The van der Waals surface area contributed by atoms with Gasteiger partial charge in [-0.25, -0.2) is 0 Å². The molecule has 1 aliphatic rings. The maximum Gasteiger partial charge on any atom is 0.0670 e.